The predicted molar refractivity (Wildman–Crippen MR) is 147 cm³/mol. The van der Waals surface area contributed by atoms with Gasteiger partial charge in [0.15, 0.2) is 0 Å². The first-order chi connectivity index (χ1) is 16.8. The topological polar surface area (TPSA) is 57.9 Å². The van der Waals surface area contributed by atoms with Gasteiger partial charge in [-0.05, 0) is 48.4 Å². The summed E-state index contributed by atoms with van der Waals surface area (Å²) in [5, 5.41) is 0. The molecule has 35 heavy (non-hydrogen) atoms. The summed E-state index contributed by atoms with van der Waals surface area (Å²) in [6, 6.07) is 13.6. The molecule has 1 amide bonds. The first-order valence-electron chi connectivity index (χ1n) is 11.9. The zero-order valence-corrected chi connectivity index (χ0v) is 21.7. The van der Waals surface area contributed by atoms with Gasteiger partial charge in [0.2, 0.25) is 0 Å². The van der Waals surface area contributed by atoms with Gasteiger partial charge in [-0.25, -0.2) is 4.98 Å². The van der Waals surface area contributed by atoms with Gasteiger partial charge in [-0.15, -0.1) is 0 Å². The number of amides is 1. The van der Waals surface area contributed by atoms with Crippen molar-refractivity contribution < 1.29 is 4.79 Å². The number of thiocarbonyl (C=S) groups is 1. The molecule has 2 atom stereocenters. The van der Waals surface area contributed by atoms with Crippen molar-refractivity contribution in [3.8, 4) is 0 Å². The lowest BCUT2D eigenvalue weighted by molar-refractivity contribution is -0.122. The Morgan fingerprint density at radius 2 is 1.80 bits per heavy atom. The standard InChI is InChI=1S/C27H28N4O2S2/c1-17-9-10-23-28-24(29-13-18(2)11-19(3)14-29)21(25(32)30(23)15-17)12-22-26(33)31(27(34)35-22)16-20-7-5-4-6-8-20/h4-10,12,15,18-19H,11,13-14,16H2,1-3H3. The Morgan fingerprint density at radius 3 is 2.51 bits per heavy atom. The molecule has 0 N–H and O–H groups in total. The van der Waals surface area contributed by atoms with Crippen molar-refractivity contribution in [2.24, 2.45) is 11.8 Å². The highest BCUT2D eigenvalue weighted by Gasteiger charge is 2.33. The Kier molecular flexibility index (Phi) is 6.51. The molecule has 2 saturated heterocycles. The zero-order chi connectivity index (χ0) is 24.7. The zero-order valence-electron chi connectivity index (χ0n) is 20.1. The average molecular weight is 505 g/mol. The molecule has 3 aromatic rings. The van der Waals surface area contributed by atoms with E-state index < -0.39 is 0 Å². The Bertz CT molecular complexity index is 1390. The van der Waals surface area contributed by atoms with Crippen molar-refractivity contribution in [2.75, 3.05) is 18.0 Å². The molecule has 8 heteroatoms. The maximum atomic E-state index is 13.7. The van der Waals surface area contributed by atoms with Gasteiger partial charge >= 0.3 is 0 Å². The summed E-state index contributed by atoms with van der Waals surface area (Å²) in [5.74, 6) is 1.46. The van der Waals surface area contributed by atoms with Gasteiger partial charge in [0, 0.05) is 19.3 Å². The fourth-order valence-corrected chi connectivity index (χ4v) is 6.22. The molecular weight excluding hydrogens is 476 g/mol. The Labute approximate surface area is 214 Å². The van der Waals surface area contributed by atoms with Crippen molar-refractivity contribution in [3.63, 3.8) is 0 Å². The number of aryl methyl sites for hydroxylation is 1. The smallest absolute Gasteiger partial charge is 0.267 e. The summed E-state index contributed by atoms with van der Waals surface area (Å²) in [4.78, 5) is 36.3. The van der Waals surface area contributed by atoms with E-state index in [2.05, 4.69) is 18.7 Å². The number of thioether (sulfide) groups is 1. The predicted octanol–water partition coefficient (Wildman–Crippen LogP) is 4.89. The van der Waals surface area contributed by atoms with Crippen LogP contribution in [0.25, 0.3) is 11.7 Å². The summed E-state index contributed by atoms with van der Waals surface area (Å²) in [6.07, 6.45) is 4.65. The number of hydrogen-bond donors (Lipinski definition) is 0. The highest BCUT2D eigenvalue weighted by molar-refractivity contribution is 8.26. The van der Waals surface area contributed by atoms with Crippen LogP contribution in [0, 0.1) is 18.8 Å². The Hall–Kier alpha value is -2.97. The largest absolute Gasteiger partial charge is 0.355 e. The normalized spacial score (nSPS) is 22.0. The fraction of sp³-hybridized carbons (Fsp3) is 0.333. The van der Waals surface area contributed by atoms with Crippen LogP contribution >= 0.6 is 24.0 Å². The average Bonchev–Trinajstić information content (AvgIpc) is 3.08. The molecule has 5 rings (SSSR count). The number of nitrogens with zero attached hydrogens (tertiary/aromatic N) is 4. The summed E-state index contributed by atoms with van der Waals surface area (Å²) >= 11 is 6.79. The number of benzene rings is 1. The van der Waals surface area contributed by atoms with Gasteiger partial charge < -0.3 is 4.90 Å². The number of aromatic nitrogens is 2. The molecule has 4 heterocycles. The summed E-state index contributed by atoms with van der Waals surface area (Å²) in [6.45, 7) is 8.47. The fourth-order valence-electron chi connectivity index (χ4n) is 4.98. The Balaban J connectivity index is 1.59. The van der Waals surface area contributed by atoms with Gasteiger partial charge in [-0.2, -0.15) is 0 Å². The summed E-state index contributed by atoms with van der Waals surface area (Å²) < 4.78 is 2.07. The van der Waals surface area contributed by atoms with Crippen LogP contribution in [0.4, 0.5) is 5.82 Å². The molecular formula is C27H28N4O2S2. The molecule has 2 fully saturated rings. The number of anilines is 1. The molecule has 6 nitrogen and oxygen atoms in total. The van der Waals surface area contributed by atoms with Crippen molar-refractivity contribution in [1.29, 1.82) is 0 Å². The summed E-state index contributed by atoms with van der Waals surface area (Å²) in [7, 11) is 0. The lowest BCUT2D eigenvalue weighted by Gasteiger charge is -2.36. The number of pyridine rings is 1. The molecule has 2 aromatic heterocycles. The van der Waals surface area contributed by atoms with Crippen LogP contribution in [0.15, 0.2) is 58.4 Å². The van der Waals surface area contributed by atoms with E-state index in [4.69, 9.17) is 17.2 Å². The van der Waals surface area contributed by atoms with Crippen LogP contribution in [0.3, 0.4) is 0 Å². The number of carbonyl (C=O) groups excluding carboxylic acids is 1. The number of hydrogen-bond acceptors (Lipinski definition) is 6. The van der Waals surface area contributed by atoms with Crippen LogP contribution in [0.1, 0.15) is 37.0 Å². The van der Waals surface area contributed by atoms with Crippen LogP contribution in [0.2, 0.25) is 0 Å². The minimum Gasteiger partial charge on any atom is -0.355 e. The van der Waals surface area contributed by atoms with Crippen molar-refractivity contribution in [2.45, 2.75) is 33.7 Å². The van der Waals surface area contributed by atoms with Crippen LogP contribution in [-0.4, -0.2) is 37.6 Å². The third-order valence-corrected chi connectivity index (χ3v) is 7.86. The molecule has 0 saturated carbocycles. The molecule has 2 unspecified atom stereocenters. The molecule has 0 aliphatic carbocycles. The monoisotopic (exact) mass is 504 g/mol. The van der Waals surface area contributed by atoms with Gasteiger partial charge in [0.05, 0.1) is 17.0 Å². The highest BCUT2D eigenvalue weighted by Crippen LogP contribution is 2.35. The molecule has 180 valence electrons. The minimum absolute atomic E-state index is 0.173. The van der Waals surface area contributed by atoms with E-state index in [1.54, 1.807) is 21.6 Å². The molecule has 0 spiro atoms. The second-order valence-electron chi connectivity index (χ2n) is 9.69. The van der Waals surface area contributed by atoms with Crippen molar-refractivity contribution in [3.05, 3.63) is 80.6 Å². The van der Waals surface area contributed by atoms with E-state index in [0.717, 1.165) is 30.6 Å². The maximum Gasteiger partial charge on any atom is 0.267 e. The molecule has 0 bridgehead atoms. The number of carbonyl (C=O) groups is 1. The third kappa shape index (κ3) is 4.77. The maximum absolute atomic E-state index is 13.7. The van der Waals surface area contributed by atoms with Gasteiger partial charge in [-0.1, -0.05) is 74.2 Å². The number of rotatable bonds is 4. The van der Waals surface area contributed by atoms with E-state index in [-0.39, 0.29) is 11.5 Å². The van der Waals surface area contributed by atoms with E-state index in [1.165, 1.54) is 11.8 Å². The third-order valence-electron chi connectivity index (χ3n) is 6.49. The molecule has 0 radical (unpaired) electrons. The molecule has 1 aromatic carbocycles. The second kappa shape index (κ2) is 9.59. The highest BCUT2D eigenvalue weighted by atomic mass is 32.2. The van der Waals surface area contributed by atoms with Crippen molar-refractivity contribution in [1.82, 2.24) is 14.3 Å². The van der Waals surface area contributed by atoms with Gasteiger partial charge in [0.1, 0.15) is 15.8 Å². The second-order valence-corrected chi connectivity index (χ2v) is 11.4. The van der Waals surface area contributed by atoms with E-state index in [1.807, 2.05) is 49.4 Å². The lowest BCUT2D eigenvalue weighted by Crippen LogP contribution is -2.40. The quantitative estimate of drug-likeness (QED) is 0.373. The number of piperidine rings is 1. The van der Waals surface area contributed by atoms with E-state index in [9.17, 15) is 9.59 Å². The lowest BCUT2D eigenvalue weighted by atomic mass is 9.91. The molecule has 2 aliphatic rings. The van der Waals surface area contributed by atoms with E-state index >= 15 is 0 Å². The SMILES string of the molecule is Cc1ccc2nc(N3CC(C)CC(C)C3)c(C=C3SC(=S)N(Cc4ccccc4)C3=O)c(=O)n2c1. The van der Waals surface area contributed by atoms with Crippen LogP contribution in [0.5, 0.6) is 0 Å². The first kappa shape index (κ1) is 23.8. The van der Waals surface area contributed by atoms with Crippen LogP contribution in [-0.2, 0) is 11.3 Å². The molecule has 2 aliphatic heterocycles. The summed E-state index contributed by atoms with van der Waals surface area (Å²) in [5.41, 5.74) is 2.84. The van der Waals surface area contributed by atoms with E-state index in [0.29, 0.717) is 44.6 Å². The Morgan fingerprint density at radius 1 is 1.09 bits per heavy atom. The first-order valence-corrected chi connectivity index (χ1v) is 13.1. The number of fused-ring (bicyclic) bond motifs is 1. The van der Waals surface area contributed by atoms with Gasteiger partial charge in [0.25, 0.3) is 11.5 Å². The minimum atomic E-state index is -0.177. The van der Waals surface area contributed by atoms with Crippen LogP contribution < -0.4 is 10.5 Å². The van der Waals surface area contributed by atoms with Gasteiger partial charge in [-0.3, -0.25) is 18.9 Å². The van der Waals surface area contributed by atoms with Crippen molar-refractivity contribution >= 4 is 51.7 Å².